The minimum absolute atomic E-state index is 0.128. The van der Waals surface area contributed by atoms with Crippen molar-refractivity contribution in [3.05, 3.63) is 83.6 Å². The molecule has 0 spiro atoms. The van der Waals surface area contributed by atoms with E-state index >= 15 is 0 Å². The third-order valence-electron chi connectivity index (χ3n) is 4.63. The molecule has 0 bridgehead atoms. The zero-order chi connectivity index (χ0) is 21.8. The predicted molar refractivity (Wildman–Crippen MR) is 125 cm³/mol. The van der Waals surface area contributed by atoms with E-state index in [1.807, 2.05) is 54.8 Å². The second-order valence-corrected chi connectivity index (χ2v) is 8.71. The summed E-state index contributed by atoms with van der Waals surface area (Å²) in [7, 11) is 0. The third-order valence-corrected chi connectivity index (χ3v) is 5.92. The van der Waals surface area contributed by atoms with Crippen LogP contribution >= 0.6 is 23.4 Å². The van der Waals surface area contributed by atoms with Crippen molar-refractivity contribution in [1.29, 1.82) is 0 Å². The van der Waals surface area contributed by atoms with E-state index in [0.29, 0.717) is 21.7 Å². The van der Waals surface area contributed by atoms with Crippen molar-refractivity contribution in [1.82, 2.24) is 19.7 Å². The van der Waals surface area contributed by atoms with E-state index in [0.717, 1.165) is 16.8 Å². The van der Waals surface area contributed by atoms with Gasteiger partial charge in [0.15, 0.2) is 11.0 Å². The molecular weight excluding hydrogens is 430 g/mol. The predicted octanol–water partition coefficient (Wildman–Crippen LogP) is 5.41. The van der Waals surface area contributed by atoms with Crippen LogP contribution in [0.4, 0.5) is 5.69 Å². The number of nitrogens with one attached hydrogen (secondary N) is 1. The van der Waals surface area contributed by atoms with Crippen molar-refractivity contribution < 1.29 is 4.79 Å². The van der Waals surface area contributed by atoms with E-state index in [2.05, 4.69) is 20.5 Å². The second kappa shape index (κ2) is 9.32. The number of aromatic nitrogens is 4. The molecule has 6 nitrogen and oxygen atoms in total. The Bertz CT molecular complexity index is 1180. The average Bonchev–Trinajstić information content (AvgIpc) is 3.20. The first-order valence-corrected chi connectivity index (χ1v) is 10.9. The molecule has 0 fully saturated rings. The summed E-state index contributed by atoms with van der Waals surface area (Å²) in [5.74, 6) is 0.565. The summed E-state index contributed by atoms with van der Waals surface area (Å²) >= 11 is 7.27. The zero-order valence-corrected chi connectivity index (χ0v) is 18.6. The molecule has 0 aliphatic carbocycles. The van der Waals surface area contributed by atoms with Gasteiger partial charge in [-0.25, -0.2) is 0 Å². The summed E-state index contributed by atoms with van der Waals surface area (Å²) in [5.41, 5.74) is 3.68. The summed E-state index contributed by atoms with van der Waals surface area (Å²) in [6.45, 7) is 3.88. The van der Waals surface area contributed by atoms with Gasteiger partial charge in [-0.15, -0.1) is 10.2 Å². The first-order valence-electron chi connectivity index (χ1n) is 9.67. The van der Waals surface area contributed by atoms with Gasteiger partial charge in [-0.3, -0.25) is 14.3 Å². The first-order chi connectivity index (χ1) is 15.0. The van der Waals surface area contributed by atoms with Gasteiger partial charge in [-0.1, -0.05) is 41.1 Å². The number of hydrogen-bond acceptors (Lipinski definition) is 5. The smallest absolute Gasteiger partial charge is 0.237 e. The molecule has 1 N–H and O–H groups in total. The molecule has 1 unspecified atom stereocenters. The SMILES string of the molecule is Cc1ccc(-n2c(SC(C)C(=O)Nc3ccc(Cl)cc3)nnc2-c2ccncc2)cc1. The van der Waals surface area contributed by atoms with Gasteiger partial charge in [0.25, 0.3) is 0 Å². The number of halogens is 1. The van der Waals surface area contributed by atoms with Gasteiger partial charge in [0, 0.05) is 34.4 Å². The molecule has 31 heavy (non-hydrogen) atoms. The quantitative estimate of drug-likeness (QED) is 0.398. The van der Waals surface area contributed by atoms with Crippen LogP contribution in [0.1, 0.15) is 12.5 Å². The van der Waals surface area contributed by atoms with Gasteiger partial charge in [0.1, 0.15) is 0 Å². The fourth-order valence-corrected chi connectivity index (χ4v) is 3.94. The van der Waals surface area contributed by atoms with Crippen LogP contribution in [0, 0.1) is 6.92 Å². The molecular formula is C23H20ClN5OS. The van der Waals surface area contributed by atoms with Gasteiger partial charge in [0.2, 0.25) is 5.91 Å². The maximum absolute atomic E-state index is 12.7. The molecule has 0 aliphatic rings. The van der Waals surface area contributed by atoms with Crippen LogP contribution in [0.25, 0.3) is 17.1 Å². The number of hydrogen-bond donors (Lipinski definition) is 1. The molecule has 2 aromatic heterocycles. The number of amides is 1. The Kier molecular flexibility index (Phi) is 6.34. The van der Waals surface area contributed by atoms with Crippen molar-refractivity contribution in [3.8, 4) is 17.1 Å². The third kappa shape index (κ3) is 4.95. The van der Waals surface area contributed by atoms with Crippen molar-refractivity contribution in [2.24, 2.45) is 0 Å². The normalized spacial score (nSPS) is 11.8. The molecule has 1 atom stereocenters. The first kappa shape index (κ1) is 21.1. The maximum atomic E-state index is 12.7. The van der Waals surface area contributed by atoms with Gasteiger partial charge in [-0.2, -0.15) is 0 Å². The lowest BCUT2D eigenvalue weighted by Gasteiger charge is -2.14. The standard InChI is InChI=1S/C23H20ClN5OS/c1-15-3-9-20(10-4-15)29-21(17-11-13-25-14-12-17)27-28-23(29)31-16(2)22(30)26-19-7-5-18(24)6-8-19/h3-14,16H,1-2H3,(H,26,30). The zero-order valence-electron chi connectivity index (χ0n) is 17.0. The Labute approximate surface area is 189 Å². The summed E-state index contributed by atoms with van der Waals surface area (Å²) in [5, 5.41) is 12.6. The Morgan fingerprint density at radius 2 is 1.68 bits per heavy atom. The van der Waals surface area contributed by atoms with E-state index in [4.69, 9.17) is 11.6 Å². The fourth-order valence-electron chi connectivity index (χ4n) is 2.95. The van der Waals surface area contributed by atoms with Gasteiger partial charge >= 0.3 is 0 Å². The van der Waals surface area contributed by atoms with Crippen LogP contribution < -0.4 is 5.32 Å². The summed E-state index contributed by atoms with van der Waals surface area (Å²) in [6.07, 6.45) is 3.44. The van der Waals surface area contributed by atoms with Crippen molar-refractivity contribution in [2.75, 3.05) is 5.32 Å². The van der Waals surface area contributed by atoms with Gasteiger partial charge in [-0.05, 0) is 62.4 Å². The number of rotatable bonds is 6. The largest absolute Gasteiger partial charge is 0.325 e. The topological polar surface area (TPSA) is 72.7 Å². The molecule has 156 valence electrons. The lowest BCUT2D eigenvalue weighted by atomic mass is 10.2. The molecule has 0 radical (unpaired) electrons. The number of carbonyl (C=O) groups excluding carboxylic acids is 1. The highest BCUT2D eigenvalue weighted by atomic mass is 35.5. The Hall–Kier alpha value is -3.16. The van der Waals surface area contributed by atoms with Crippen molar-refractivity contribution >= 4 is 35.0 Å². The number of nitrogens with zero attached hydrogens (tertiary/aromatic N) is 4. The molecule has 1 amide bonds. The van der Waals surface area contributed by atoms with Crippen LogP contribution in [-0.4, -0.2) is 30.9 Å². The molecule has 0 aliphatic heterocycles. The molecule has 2 heterocycles. The summed E-state index contributed by atoms with van der Waals surface area (Å²) in [4.78, 5) is 16.8. The minimum atomic E-state index is -0.394. The molecule has 0 saturated heterocycles. The van der Waals surface area contributed by atoms with Crippen LogP contribution in [0.15, 0.2) is 78.2 Å². The summed E-state index contributed by atoms with van der Waals surface area (Å²) < 4.78 is 1.96. The average molecular weight is 450 g/mol. The Balaban J connectivity index is 1.63. The van der Waals surface area contributed by atoms with Crippen LogP contribution in [0.3, 0.4) is 0 Å². The lowest BCUT2D eigenvalue weighted by molar-refractivity contribution is -0.115. The van der Waals surface area contributed by atoms with E-state index in [1.54, 1.807) is 36.7 Å². The number of carbonyl (C=O) groups is 1. The van der Waals surface area contributed by atoms with Crippen molar-refractivity contribution in [2.45, 2.75) is 24.3 Å². The maximum Gasteiger partial charge on any atom is 0.237 e. The highest BCUT2D eigenvalue weighted by molar-refractivity contribution is 8.00. The van der Waals surface area contributed by atoms with Gasteiger partial charge in [0.05, 0.1) is 5.25 Å². The van der Waals surface area contributed by atoms with E-state index in [1.165, 1.54) is 11.8 Å². The second-order valence-electron chi connectivity index (χ2n) is 6.97. The molecule has 4 rings (SSSR count). The number of pyridine rings is 1. The fraction of sp³-hybridized carbons (Fsp3) is 0.130. The lowest BCUT2D eigenvalue weighted by Crippen LogP contribution is -2.22. The number of benzene rings is 2. The highest BCUT2D eigenvalue weighted by Crippen LogP contribution is 2.30. The van der Waals surface area contributed by atoms with E-state index in [9.17, 15) is 4.79 Å². The number of thioether (sulfide) groups is 1. The summed E-state index contributed by atoms with van der Waals surface area (Å²) in [6, 6.07) is 18.9. The molecule has 4 aromatic rings. The number of anilines is 1. The highest BCUT2D eigenvalue weighted by Gasteiger charge is 2.22. The van der Waals surface area contributed by atoms with Crippen molar-refractivity contribution in [3.63, 3.8) is 0 Å². The van der Waals surface area contributed by atoms with Gasteiger partial charge < -0.3 is 5.32 Å². The van der Waals surface area contributed by atoms with E-state index in [-0.39, 0.29) is 5.91 Å². The number of aryl methyl sites for hydroxylation is 1. The monoisotopic (exact) mass is 449 g/mol. The molecule has 8 heteroatoms. The Morgan fingerprint density at radius 1 is 1.00 bits per heavy atom. The Morgan fingerprint density at radius 3 is 2.35 bits per heavy atom. The minimum Gasteiger partial charge on any atom is -0.325 e. The molecule has 2 aromatic carbocycles. The van der Waals surface area contributed by atoms with Crippen LogP contribution in [0.2, 0.25) is 5.02 Å². The van der Waals surface area contributed by atoms with Crippen LogP contribution in [0.5, 0.6) is 0 Å². The molecule has 0 saturated carbocycles. The van der Waals surface area contributed by atoms with Crippen LogP contribution in [-0.2, 0) is 4.79 Å². The van der Waals surface area contributed by atoms with E-state index < -0.39 is 5.25 Å².